The Hall–Kier alpha value is -1.34. The molecule has 0 aliphatic rings. The fraction of sp³-hybridized carbons (Fsp3) is 0.545. The Labute approximate surface area is 103 Å². The summed E-state index contributed by atoms with van der Waals surface area (Å²) in [5.41, 5.74) is 0.639. The van der Waals surface area contributed by atoms with Crippen molar-refractivity contribution in [1.82, 2.24) is 4.98 Å². The standard InChI is InChI=1S/C11H15F3N2O2/c1-8(18)10-3-2-9(6-15-10)16(4-5-17)7-11(12,13)14/h2-3,6,8,17-18H,4-5,7H2,1H3. The summed E-state index contributed by atoms with van der Waals surface area (Å²) in [6, 6.07) is 2.90. The topological polar surface area (TPSA) is 56.6 Å². The van der Waals surface area contributed by atoms with Crippen LogP contribution in [0.3, 0.4) is 0 Å². The molecule has 2 N–H and O–H groups in total. The van der Waals surface area contributed by atoms with E-state index >= 15 is 0 Å². The van der Waals surface area contributed by atoms with Gasteiger partial charge in [-0.15, -0.1) is 0 Å². The molecule has 0 radical (unpaired) electrons. The summed E-state index contributed by atoms with van der Waals surface area (Å²) < 4.78 is 37.0. The SMILES string of the molecule is CC(O)c1ccc(N(CCO)CC(F)(F)F)cn1. The summed E-state index contributed by atoms with van der Waals surface area (Å²) in [7, 11) is 0. The molecule has 1 rings (SSSR count). The number of halogens is 3. The smallest absolute Gasteiger partial charge is 0.395 e. The van der Waals surface area contributed by atoms with Crippen molar-refractivity contribution in [2.24, 2.45) is 0 Å². The van der Waals surface area contributed by atoms with E-state index in [0.717, 1.165) is 4.90 Å². The maximum Gasteiger partial charge on any atom is 0.405 e. The van der Waals surface area contributed by atoms with Gasteiger partial charge in [-0.25, -0.2) is 0 Å². The van der Waals surface area contributed by atoms with E-state index < -0.39 is 18.8 Å². The first-order valence-electron chi connectivity index (χ1n) is 5.40. The van der Waals surface area contributed by atoms with E-state index in [0.29, 0.717) is 5.69 Å². The lowest BCUT2D eigenvalue weighted by atomic mass is 10.2. The molecule has 0 saturated heterocycles. The van der Waals surface area contributed by atoms with Crippen LogP contribution in [0.1, 0.15) is 18.7 Å². The summed E-state index contributed by atoms with van der Waals surface area (Å²) in [5.74, 6) is 0. The monoisotopic (exact) mass is 264 g/mol. The maximum atomic E-state index is 12.3. The lowest BCUT2D eigenvalue weighted by molar-refractivity contribution is -0.119. The second-order valence-electron chi connectivity index (χ2n) is 3.88. The van der Waals surface area contributed by atoms with E-state index in [1.165, 1.54) is 25.3 Å². The minimum Gasteiger partial charge on any atom is -0.395 e. The molecule has 4 nitrogen and oxygen atoms in total. The highest BCUT2D eigenvalue weighted by Crippen LogP contribution is 2.22. The van der Waals surface area contributed by atoms with Crippen molar-refractivity contribution in [2.75, 3.05) is 24.6 Å². The van der Waals surface area contributed by atoms with Gasteiger partial charge in [-0.3, -0.25) is 4.98 Å². The Bertz CT molecular complexity index is 366. The first-order valence-corrected chi connectivity index (χ1v) is 5.40. The zero-order valence-corrected chi connectivity index (χ0v) is 9.85. The number of anilines is 1. The molecule has 0 spiro atoms. The molecule has 1 unspecified atom stereocenters. The predicted octanol–water partition coefficient (Wildman–Crippen LogP) is 1.50. The number of aliphatic hydroxyl groups excluding tert-OH is 2. The van der Waals surface area contributed by atoms with E-state index in [4.69, 9.17) is 5.11 Å². The molecular weight excluding hydrogens is 249 g/mol. The maximum absolute atomic E-state index is 12.3. The van der Waals surface area contributed by atoms with Crippen molar-refractivity contribution in [2.45, 2.75) is 19.2 Å². The number of aliphatic hydroxyl groups is 2. The highest BCUT2D eigenvalue weighted by atomic mass is 19.4. The van der Waals surface area contributed by atoms with Gasteiger partial charge in [-0.05, 0) is 19.1 Å². The molecule has 1 aromatic heterocycles. The van der Waals surface area contributed by atoms with Crippen molar-refractivity contribution >= 4 is 5.69 Å². The second kappa shape index (κ2) is 6.01. The number of nitrogens with zero attached hydrogens (tertiary/aromatic N) is 2. The minimum atomic E-state index is -4.35. The first kappa shape index (κ1) is 14.7. The summed E-state index contributed by atoms with van der Waals surface area (Å²) in [4.78, 5) is 4.86. The van der Waals surface area contributed by atoms with E-state index in [-0.39, 0.29) is 18.8 Å². The summed E-state index contributed by atoms with van der Waals surface area (Å²) >= 11 is 0. The highest BCUT2D eigenvalue weighted by Gasteiger charge is 2.30. The van der Waals surface area contributed by atoms with Crippen molar-refractivity contribution in [3.05, 3.63) is 24.0 Å². The van der Waals surface area contributed by atoms with Crippen LogP contribution in [0.2, 0.25) is 0 Å². The quantitative estimate of drug-likeness (QED) is 0.846. The van der Waals surface area contributed by atoms with Gasteiger partial charge in [-0.2, -0.15) is 13.2 Å². The van der Waals surface area contributed by atoms with Crippen LogP contribution in [0.15, 0.2) is 18.3 Å². The molecule has 0 bridgehead atoms. The lowest BCUT2D eigenvalue weighted by Gasteiger charge is -2.25. The number of aromatic nitrogens is 1. The average Bonchev–Trinajstić information content (AvgIpc) is 2.27. The molecule has 0 aliphatic carbocycles. The Balaban J connectivity index is 2.85. The first-order chi connectivity index (χ1) is 8.33. The number of hydrogen-bond acceptors (Lipinski definition) is 4. The van der Waals surface area contributed by atoms with Gasteiger partial charge in [0.1, 0.15) is 6.54 Å². The zero-order chi connectivity index (χ0) is 13.8. The lowest BCUT2D eigenvalue weighted by Crippen LogP contribution is -2.36. The van der Waals surface area contributed by atoms with Crippen LogP contribution in [0.4, 0.5) is 18.9 Å². The van der Waals surface area contributed by atoms with Crippen molar-refractivity contribution in [1.29, 1.82) is 0 Å². The molecule has 0 aliphatic heterocycles. The zero-order valence-electron chi connectivity index (χ0n) is 9.85. The van der Waals surface area contributed by atoms with Gasteiger partial charge in [0.05, 0.1) is 30.3 Å². The predicted molar refractivity (Wildman–Crippen MR) is 60.2 cm³/mol. The second-order valence-corrected chi connectivity index (χ2v) is 3.88. The fourth-order valence-electron chi connectivity index (χ4n) is 1.47. The third-order valence-electron chi connectivity index (χ3n) is 2.30. The van der Waals surface area contributed by atoms with E-state index in [9.17, 15) is 18.3 Å². The molecule has 18 heavy (non-hydrogen) atoms. The van der Waals surface area contributed by atoms with E-state index in [1.54, 1.807) is 0 Å². The number of rotatable bonds is 5. The minimum absolute atomic E-state index is 0.130. The van der Waals surface area contributed by atoms with Crippen molar-refractivity contribution in [3.8, 4) is 0 Å². The third kappa shape index (κ3) is 4.50. The van der Waals surface area contributed by atoms with E-state index in [1.807, 2.05) is 0 Å². The number of pyridine rings is 1. The van der Waals surface area contributed by atoms with Gasteiger partial charge >= 0.3 is 6.18 Å². The number of hydrogen-bond donors (Lipinski definition) is 2. The van der Waals surface area contributed by atoms with Gasteiger partial charge < -0.3 is 15.1 Å². The molecule has 102 valence electrons. The van der Waals surface area contributed by atoms with Crippen LogP contribution in [-0.4, -0.2) is 41.1 Å². The van der Waals surface area contributed by atoms with Crippen LogP contribution in [0.25, 0.3) is 0 Å². The largest absolute Gasteiger partial charge is 0.405 e. The molecule has 0 saturated carbocycles. The van der Waals surface area contributed by atoms with Gasteiger partial charge in [0.2, 0.25) is 0 Å². The highest BCUT2D eigenvalue weighted by molar-refractivity contribution is 5.45. The molecule has 0 amide bonds. The van der Waals surface area contributed by atoms with Crippen LogP contribution in [0.5, 0.6) is 0 Å². The Morgan fingerprint density at radius 3 is 2.44 bits per heavy atom. The van der Waals surface area contributed by atoms with Gasteiger partial charge in [0, 0.05) is 6.54 Å². The Morgan fingerprint density at radius 2 is 2.06 bits per heavy atom. The molecule has 1 heterocycles. The van der Waals surface area contributed by atoms with E-state index in [2.05, 4.69) is 4.98 Å². The molecular formula is C11H15F3N2O2. The molecule has 0 aromatic carbocycles. The fourth-order valence-corrected chi connectivity index (χ4v) is 1.47. The molecule has 1 aromatic rings. The molecule has 0 fully saturated rings. The number of alkyl halides is 3. The Kier molecular flexibility index (Phi) is 4.92. The van der Waals surface area contributed by atoms with Crippen LogP contribution < -0.4 is 4.90 Å². The van der Waals surface area contributed by atoms with Gasteiger partial charge in [-0.1, -0.05) is 0 Å². The van der Waals surface area contributed by atoms with Gasteiger partial charge in [0.25, 0.3) is 0 Å². The van der Waals surface area contributed by atoms with Crippen molar-refractivity contribution < 1.29 is 23.4 Å². The van der Waals surface area contributed by atoms with Crippen LogP contribution in [0, 0.1) is 0 Å². The van der Waals surface area contributed by atoms with Crippen LogP contribution >= 0.6 is 0 Å². The summed E-state index contributed by atoms with van der Waals surface area (Å²) in [6.45, 7) is -0.143. The molecule has 7 heteroatoms. The normalized spacial score (nSPS) is 13.4. The Morgan fingerprint density at radius 1 is 1.39 bits per heavy atom. The summed E-state index contributed by atoms with van der Waals surface area (Å²) in [6.07, 6.45) is -3.87. The summed E-state index contributed by atoms with van der Waals surface area (Å²) in [5, 5.41) is 18.0. The molecule has 1 atom stereocenters. The average molecular weight is 264 g/mol. The van der Waals surface area contributed by atoms with Crippen molar-refractivity contribution in [3.63, 3.8) is 0 Å². The third-order valence-corrected chi connectivity index (χ3v) is 2.30. The van der Waals surface area contributed by atoms with Crippen LogP contribution in [-0.2, 0) is 0 Å². The van der Waals surface area contributed by atoms with Gasteiger partial charge in [0.15, 0.2) is 0 Å².